The van der Waals surface area contributed by atoms with Crippen molar-refractivity contribution < 1.29 is 40.8 Å². The van der Waals surface area contributed by atoms with Gasteiger partial charge in [0.1, 0.15) is 5.75 Å². The van der Waals surface area contributed by atoms with Gasteiger partial charge in [-0.15, -0.1) is 0 Å². The van der Waals surface area contributed by atoms with E-state index >= 15 is 0 Å². The molecule has 0 spiro atoms. The fourth-order valence-corrected chi connectivity index (χ4v) is 10.0. The summed E-state index contributed by atoms with van der Waals surface area (Å²) in [7, 11) is -6.06. The van der Waals surface area contributed by atoms with Crippen LogP contribution in [0.25, 0.3) is 0 Å². The van der Waals surface area contributed by atoms with Crippen LogP contribution in [0.5, 0.6) is 5.75 Å². The van der Waals surface area contributed by atoms with E-state index in [0.717, 1.165) is 32.6 Å². The molecule has 7 rings (SSSR count). The molecule has 264 valence electrons. The lowest BCUT2D eigenvalue weighted by atomic mass is 9.49. The van der Waals surface area contributed by atoms with E-state index in [-0.39, 0.29) is 16.9 Å². The van der Waals surface area contributed by atoms with Crippen molar-refractivity contribution >= 4 is 33.0 Å². The molecule has 0 radical (unpaired) electrons. The van der Waals surface area contributed by atoms with Gasteiger partial charge in [-0.25, -0.2) is 8.42 Å². The second-order valence-corrected chi connectivity index (χ2v) is 17.8. The van der Waals surface area contributed by atoms with E-state index in [1.807, 2.05) is 45.0 Å². The number of alkyl halides is 2. The Morgan fingerprint density at radius 2 is 1.27 bits per heavy atom. The Bertz CT molecular complexity index is 1640. The summed E-state index contributed by atoms with van der Waals surface area (Å²) in [6, 6.07) is 28.9. The van der Waals surface area contributed by atoms with Gasteiger partial charge in [-0.05, 0) is 132 Å². The first-order valence-electron chi connectivity index (χ1n) is 16.8. The first kappa shape index (κ1) is 37.0. The molecule has 4 aliphatic carbocycles. The lowest BCUT2D eigenvalue weighted by molar-refractivity contribution is -0.185. The molecule has 49 heavy (non-hydrogen) atoms. The van der Waals surface area contributed by atoms with Crippen LogP contribution in [0.2, 0.25) is 0 Å². The van der Waals surface area contributed by atoms with Gasteiger partial charge in [-0.1, -0.05) is 43.3 Å². The highest BCUT2D eigenvalue weighted by Gasteiger charge is 2.57. The van der Waals surface area contributed by atoms with Crippen LogP contribution >= 0.6 is 0 Å². The van der Waals surface area contributed by atoms with Crippen molar-refractivity contribution in [2.75, 3.05) is 0 Å². The highest BCUT2D eigenvalue weighted by atomic mass is 32.2. The lowest BCUT2D eigenvalue weighted by Crippen LogP contribution is -2.52. The van der Waals surface area contributed by atoms with Crippen LogP contribution in [0.4, 0.5) is 8.78 Å². The fraction of sp³-hybridized carbons (Fsp3) is 0.474. The van der Waals surface area contributed by atoms with Gasteiger partial charge in [0.15, 0.2) is 30.9 Å². The molecule has 4 saturated carbocycles. The highest BCUT2D eigenvalue weighted by Crippen LogP contribution is 2.60. The molecule has 3 aromatic carbocycles. The average molecular weight is 715 g/mol. The zero-order valence-electron chi connectivity index (χ0n) is 28.3. The SMILES string of the molecule is CC(OC(=O)C12CC3CC(CC(C3)C1)C2)C(F)(F)S(=O)(=O)[O-].CCC(C)(C)C(=O)Oc1ccc([S+](c2ccccc2)c2ccccc2)cc1. The Labute approximate surface area is 290 Å². The lowest BCUT2D eigenvalue weighted by Gasteiger charge is -2.55. The van der Waals surface area contributed by atoms with Crippen molar-refractivity contribution in [1.29, 1.82) is 0 Å². The number of carbonyl (C=O) groups excluding carboxylic acids is 2. The maximum absolute atomic E-state index is 13.5. The number of rotatable bonds is 10. The Hall–Kier alpha value is -3.28. The molecule has 0 N–H and O–H groups in total. The maximum Gasteiger partial charge on any atom is 0.369 e. The van der Waals surface area contributed by atoms with Crippen LogP contribution in [-0.2, 0) is 35.3 Å². The molecule has 0 amide bonds. The molecule has 4 bridgehead atoms. The summed E-state index contributed by atoms with van der Waals surface area (Å²) in [6.07, 6.45) is 3.58. The van der Waals surface area contributed by atoms with Crippen LogP contribution in [0.15, 0.2) is 99.6 Å². The summed E-state index contributed by atoms with van der Waals surface area (Å²) in [5.41, 5.74) is -1.23. The summed E-state index contributed by atoms with van der Waals surface area (Å²) < 4.78 is 69.2. The summed E-state index contributed by atoms with van der Waals surface area (Å²) >= 11 is 0. The molecule has 0 heterocycles. The molecule has 1 unspecified atom stereocenters. The van der Waals surface area contributed by atoms with Gasteiger partial charge in [-0.2, -0.15) is 8.78 Å². The quantitative estimate of drug-likeness (QED) is 0.0898. The topological polar surface area (TPSA) is 110 Å². The Balaban J connectivity index is 0.000000195. The standard InChI is InChI=1S/C24H25O2S.C14H20F2O5S/c1-4-24(2,3)23(25)26-19-15-17-22(18-16-19)27(20-11-7-5-8-12-20)21-13-9-6-10-14-21;1-8(14(15,16)22(18,19)20)21-12(17)13-5-9-2-10(6-13)4-11(3-9)7-13/h5-18H,4H2,1-3H3;8-11H,2-7H2,1H3,(H,18,19,20)/q+1;/p-1. The molecule has 1 atom stereocenters. The Morgan fingerprint density at radius 3 is 1.67 bits per heavy atom. The van der Waals surface area contributed by atoms with E-state index in [1.54, 1.807) is 0 Å². The summed E-state index contributed by atoms with van der Waals surface area (Å²) in [6.45, 7) is 6.57. The molecule has 4 aliphatic rings. The molecule has 7 nitrogen and oxygen atoms in total. The van der Waals surface area contributed by atoms with E-state index in [4.69, 9.17) is 9.47 Å². The Kier molecular flexibility index (Phi) is 11.0. The predicted molar refractivity (Wildman–Crippen MR) is 182 cm³/mol. The van der Waals surface area contributed by atoms with Gasteiger partial charge in [-0.3, -0.25) is 9.59 Å². The zero-order chi connectivity index (χ0) is 35.6. The van der Waals surface area contributed by atoms with Crippen molar-refractivity contribution in [2.24, 2.45) is 28.6 Å². The summed E-state index contributed by atoms with van der Waals surface area (Å²) in [4.78, 5) is 28.5. The molecule has 11 heteroatoms. The van der Waals surface area contributed by atoms with Gasteiger partial charge in [0.2, 0.25) is 0 Å². The van der Waals surface area contributed by atoms with E-state index in [9.17, 15) is 31.3 Å². The zero-order valence-corrected chi connectivity index (χ0v) is 29.9. The van der Waals surface area contributed by atoms with Crippen LogP contribution in [0.3, 0.4) is 0 Å². The molecular weight excluding hydrogens is 671 g/mol. The van der Waals surface area contributed by atoms with Gasteiger partial charge in [0.05, 0.1) is 21.7 Å². The molecular formula is C38H44F2O7S2. The second kappa shape index (κ2) is 14.5. The highest BCUT2D eigenvalue weighted by molar-refractivity contribution is 7.97. The van der Waals surface area contributed by atoms with Gasteiger partial charge < -0.3 is 14.0 Å². The third kappa shape index (κ3) is 8.21. The summed E-state index contributed by atoms with van der Waals surface area (Å²) in [5.74, 6) is 0.925. The third-order valence-corrected chi connectivity index (χ3v) is 13.5. The third-order valence-electron chi connectivity index (χ3n) is 10.2. The fourth-order valence-electron chi connectivity index (χ4n) is 7.47. The van der Waals surface area contributed by atoms with E-state index in [0.29, 0.717) is 42.8 Å². The van der Waals surface area contributed by atoms with Crippen molar-refractivity contribution in [3.8, 4) is 5.75 Å². The molecule has 3 aromatic rings. The minimum absolute atomic E-state index is 0.192. The van der Waals surface area contributed by atoms with Crippen molar-refractivity contribution in [3.05, 3.63) is 84.9 Å². The number of carbonyl (C=O) groups is 2. The maximum atomic E-state index is 13.5. The van der Waals surface area contributed by atoms with Crippen LogP contribution in [0.1, 0.15) is 72.6 Å². The van der Waals surface area contributed by atoms with Crippen LogP contribution in [0, 0.1) is 28.6 Å². The molecule has 4 fully saturated rings. The molecule has 0 saturated heterocycles. The normalized spacial score (nSPS) is 23.7. The predicted octanol–water partition coefficient (Wildman–Crippen LogP) is 8.40. The van der Waals surface area contributed by atoms with Crippen LogP contribution in [-0.4, -0.2) is 36.3 Å². The largest absolute Gasteiger partial charge is 0.743 e. The Morgan fingerprint density at radius 1 is 0.837 bits per heavy atom. The van der Waals surface area contributed by atoms with Gasteiger partial charge >= 0.3 is 17.2 Å². The minimum atomic E-state index is -5.86. The average Bonchev–Trinajstić information content (AvgIpc) is 3.06. The molecule has 0 aliphatic heterocycles. The smallest absolute Gasteiger partial charge is 0.369 e. The van der Waals surface area contributed by atoms with E-state index in [1.165, 1.54) is 14.7 Å². The van der Waals surface area contributed by atoms with E-state index < -0.39 is 38.3 Å². The number of hydrogen-bond donors (Lipinski definition) is 0. The number of benzene rings is 3. The van der Waals surface area contributed by atoms with Gasteiger partial charge in [0.25, 0.3) is 0 Å². The summed E-state index contributed by atoms with van der Waals surface area (Å²) in [5, 5.41) is -4.61. The number of halogens is 2. The second-order valence-electron chi connectivity index (χ2n) is 14.3. The first-order chi connectivity index (χ1) is 23.0. The van der Waals surface area contributed by atoms with Crippen LogP contribution < -0.4 is 4.74 Å². The number of esters is 2. The first-order valence-corrected chi connectivity index (χ1v) is 19.4. The number of ether oxygens (including phenoxy) is 2. The minimum Gasteiger partial charge on any atom is -0.743 e. The van der Waals surface area contributed by atoms with Crippen molar-refractivity contribution in [1.82, 2.24) is 0 Å². The molecule has 0 aromatic heterocycles. The van der Waals surface area contributed by atoms with Gasteiger partial charge in [0, 0.05) is 0 Å². The van der Waals surface area contributed by atoms with Crippen molar-refractivity contribution in [3.63, 3.8) is 0 Å². The number of hydrogen-bond acceptors (Lipinski definition) is 7. The monoisotopic (exact) mass is 714 g/mol. The van der Waals surface area contributed by atoms with Crippen molar-refractivity contribution in [2.45, 2.75) is 98.7 Å². The van der Waals surface area contributed by atoms with E-state index in [2.05, 4.69) is 60.7 Å².